The number of benzene rings is 1. The van der Waals surface area contributed by atoms with Crippen molar-refractivity contribution in [3.8, 4) is 5.75 Å². The lowest BCUT2D eigenvalue weighted by Gasteiger charge is -2.08. The molecule has 0 aliphatic carbocycles. The monoisotopic (exact) mass is 401 g/mol. The second-order valence-electron chi connectivity index (χ2n) is 6.08. The highest BCUT2D eigenvalue weighted by Gasteiger charge is 2.29. The minimum Gasteiger partial charge on any atom is -0.493 e. The van der Waals surface area contributed by atoms with E-state index in [0.717, 1.165) is 22.5 Å². The van der Waals surface area contributed by atoms with Gasteiger partial charge in [-0.1, -0.05) is 23.4 Å². The van der Waals surface area contributed by atoms with E-state index in [1.54, 1.807) is 23.9 Å². The van der Waals surface area contributed by atoms with Crippen LogP contribution in [0.15, 0.2) is 29.4 Å². The topological polar surface area (TPSA) is 74.1 Å². The molecule has 1 saturated heterocycles. The van der Waals surface area contributed by atoms with Crippen molar-refractivity contribution in [2.75, 3.05) is 23.9 Å². The predicted molar refractivity (Wildman–Crippen MR) is 99.1 cm³/mol. The number of sulfone groups is 1. The number of hydrogen-bond donors (Lipinski definition) is 0. The Morgan fingerprint density at radius 3 is 2.76 bits per heavy atom. The molecule has 3 rings (SSSR count). The third-order valence-electron chi connectivity index (χ3n) is 4.12. The molecule has 0 amide bonds. The molecular formula is C16H20ClN3O3S2. The second-order valence-corrected chi connectivity index (χ2v) is 9.81. The zero-order chi connectivity index (χ0) is 17.9. The number of thioether (sulfide) groups is 1. The van der Waals surface area contributed by atoms with Gasteiger partial charge in [-0.3, -0.25) is 0 Å². The van der Waals surface area contributed by atoms with Gasteiger partial charge in [0.2, 0.25) is 0 Å². The first-order chi connectivity index (χ1) is 11.9. The van der Waals surface area contributed by atoms with Crippen LogP contribution in [0.3, 0.4) is 0 Å². The number of aromatic nitrogens is 3. The second kappa shape index (κ2) is 7.97. The molecule has 136 valence electrons. The zero-order valence-electron chi connectivity index (χ0n) is 13.9. The highest BCUT2D eigenvalue weighted by atomic mass is 35.5. The van der Waals surface area contributed by atoms with Crippen LogP contribution in [0, 0.1) is 5.92 Å². The molecule has 0 unspecified atom stereocenters. The molecule has 0 N–H and O–H groups in total. The molecule has 1 atom stereocenters. The third kappa shape index (κ3) is 5.12. The number of halogens is 1. The van der Waals surface area contributed by atoms with Gasteiger partial charge in [-0.2, -0.15) is 0 Å². The van der Waals surface area contributed by atoms with Gasteiger partial charge in [0.05, 0.1) is 18.1 Å². The lowest BCUT2D eigenvalue weighted by molar-refractivity contribution is 0.344. The van der Waals surface area contributed by atoms with E-state index in [1.807, 2.05) is 23.7 Å². The van der Waals surface area contributed by atoms with Crippen molar-refractivity contribution in [3.05, 3.63) is 35.1 Å². The molecule has 1 aromatic carbocycles. The Balaban J connectivity index is 1.47. The predicted octanol–water partition coefficient (Wildman–Crippen LogP) is 2.62. The van der Waals surface area contributed by atoms with Crippen molar-refractivity contribution in [1.82, 2.24) is 14.8 Å². The van der Waals surface area contributed by atoms with Gasteiger partial charge in [0, 0.05) is 24.2 Å². The van der Waals surface area contributed by atoms with E-state index in [-0.39, 0.29) is 11.7 Å². The van der Waals surface area contributed by atoms with Crippen molar-refractivity contribution in [2.45, 2.75) is 18.0 Å². The first-order valence-electron chi connectivity index (χ1n) is 8.03. The SMILES string of the molecule is Cn1c(C[C@@H]2CCS(=O)(=O)C2)nnc1SCCOc1ccc(Cl)cc1. The van der Waals surface area contributed by atoms with Crippen LogP contribution in [0.25, 0.3) is 0 Å². The quantitative estimate of drug-likeness (QED) is 0.524. The molecule has 0 saturated carbocycles. The number of hydrogen-bond acceptors (Lipinski definition) is 6. The molecule has 1 aromatic heterocycles. The summed E-state index contributed by atoms with van der Waals surface area (Å²) in [5.41, 5.74) is 0. The van der Waals surface area contributed by atoms with Gasteiger partial charge in [-0.05, 0) is 36.6 Å². The summed E-state index contributed by atoms with van der Waals surface area (Å²) in [5.74, 6) is 3.07. The van der Waals surface area contributed by atoms with Crippen molar-refractivity contribution >= 4 is 33.2 Å². The fourth-order valence-electron chi connectivity index (χ4n) is 2.76. The Hall–Kier alpha value is -1.25. The van der Waals surface area contributed by atoms with Crippen LogP contribution in [0.4, 0.5) is 0 Å². The van der Waals surface area contributed by atoms with Crippen LogP contribution in [0.5, 0.6) is 5.75 Å². The molecule has 0 bridgehead atoms. The molecule has 2 heterocycles. The first-order valence-corrected chi connectivity index (χ1v) is 11.2. The average Bonchev–Trinajstić information content (AvgIpc) is 3.09. The minimum absolute atomic E-state index is 0.152. The molecule has 1 aliphatic rings. The van der Waals surface area contributed by atoms with E-state index in [2.05, 4.69) is 10.2 Å². The van der Waals surface area contributed by atoms with Crippen molar-refractivity contribution in [1.29, 1.82) is 0 Å². The third-order valence-corrected chi connectivity index (χ3v) is 7.19. The minimum atomic E-state index is -2.86. The number of ether oxygens (including phenoxy) is 1. The maximum absolute atomic E-state index is 11.6. The number of nitrogens with zero attached hydrogens (tertiary/aromatic N) is 3. The van der Waals surface area contributed by atoms with E-state index in [9.17, 15) is 8.42 Å². The smallest absolute Gasteiger partial charge is 0.191 e. The molecule has 2 aromatic rings. The van der Waals surface area contributed by atoms with Gasteiger partial charge in [-0.15, -0.1) is 10.2 Å². The summed E-state index contributed by atoms with van der Waals surface area (Å²) in [5, 5.41) is 9.92. The highest BCUT2D eigenvalue weighted by molar-refractivity contribution is 7.99. The largest absolute Gasteiger partial charge is 0.493 e. The number of rotatable bonds is 7. The average molecular weight is 402 g/mol. The van der Waals surface area contributed by atoms with E-state index < -0.39 is 9.84 Å². The zero-order valence-corrected chi connectivity index (χ0v) is 16.3. The van der Waals surface area contributed by atoms with Gasteiger partial charge < -0.3 is 9.30 Å². The van der Waals surface area contributed by atoms with Crippen LogP contribution < -0.4 is 4.74 Å². The molecule has 9 heteroatoms. The summed E-state index contributed by atoms with van der Waals surface area (Å²) in [7, 11) is -0.938. The van der Waals surface area contributed by atoms with Gasteiger partial charge >= 0.3 is 0 Å². The van der Waals surface area contributed by atoms with E-state index in [1.165, 1.54) is 0 Å². The molecular weight excluding hydrogens is 382 g/mol. The van der Waals surface area contributed by atoms with Gasteiger partial charge in [0.25, 0.3) is 0 Å². The summed E-state index contributed by atoms with van der Waals surface area (Å²) in [6.07, 6.45) is 1.37. The van der Waals surface area contributed by atoms with Crippen LogP contribution in [0.1, 0.15) is 12.2 Å². The van der Waals surface area contributed by atoms with E-state index >= 15 is 0 Å². The van der Waals surface area contributed by atoms with Crippen LogP contribution in [-0.2, 0) is 23.3 Å². The summed E-state index contributed by atoms with van der Waals surface area (Å²) in [6.45, 7) is 0.551. The molecule has 0 radical (unpaired) electrons. The van der Waals surface area contributed by atoms with Crippen LogP contribution in [-0.4, -0.2) is 47.0 Å². The maximum atomic E-state index is 11.6. The summed E-state index contributed by atoms with van der Waals surface area (Å²) < 4.78 is 30.7. The Morgan fingerprint density at radius 1 is 1.32 bits per heavy atom. The van der Waals surface area contributed by atoms with Crippen LogP contribution >= 0.6 is 23.4 Å². The molecule has 1 fully saturated rings. The highest BCUT2D eigenvalue weighted by Crippen LogP contribution is 2.24. The van der Waals surface area contributed by atoms with E-state index in [0.29, 0.717) is 30.2 Å². The lowest BCUT2D eigenvalue weighted by Crippen LogP contribution is -2.11. The van der Waals surface area contributed by atoms with Crippen molar-refractivity contribution in [3.63, 3.8) is 0 Å². The fraction of sp³-hybridized carbons (Fsp3) is 0.500. The maximum Gasteiger partial charge on any atom is 0.191 e. The summed E-state index contributed by atoms with van der Waals surface area (Å²) in [6, 6.07) is 7.26. The standard InChI is InChI=1S/C16H20ClN3O3S2/c1-20-15(10-12-6-9-25(21,22)11-12)18-19-16(20)24-8-7-23-14-4-2-13(17)3-5-14/h2-5,12H,6-11H2,1H3/t12-/m0/s1. The van der Waals surface area contributed by atoms with Crippen LogP contribution in [0.2, 0.25) is 5.02 Å². The molecule has 1 aliphatic heterocycles. The van der Waals surface area contributed by atoms with Gasteiger partial charge in [0.1, 0.15) is 11.6 Å². The Bertz CT molecular complexity index is 822. The first kappa shape index (κ1) is 18.5. The molecule has 0 spiro atoms. The van der Waals surface area contributed by atoms with E-state index in [4.69, 9.17) is 16.3 Å². The summed E-state index contributed by atoms with van der Waals surface area (Å²) in [4.78, 5) is 0. The lowest BCUT2D eigenvalue weighted by atomic mass is 10.1. The fourth-order valence-corrected chi connectivity index (χ4v) is 5.50. The van der Waals surface area contributed by atoms with Gasteiger partial charge in [0.15, 0.2) is 15.0 Å². The van der Waals surface area contributed by atoms with Crippen molar-refractivity contribution in [2.24, 2.45) is 13.0 Å². The van der Waals surface area contributed by atoms with Crippen molar-refractivity contribution < 1.29 is 13.2 Å². The molecule has 6 nitrogen and oxygen atoms in total. The molecule has 25 heavy (non-hydrogen) atoms. The Labute approximate surface area is 156 Å². The summed E-state index contributed by atoms with van der Waals surface area (Å²) >= 11 is 7.41. The Kier molecular flexibility index (Phi) is 5.91. The Morgan fingerprint density at radius 2 is 2.08 bits per heavy atom. The normalized spacial score (nSPS) is 19.2. The van der Waals surface area contributed by atoms with Gasteiger partial charge in [-0.25, -0.2) is 8.42 Å².